The molecular weight excluding hydrogens is 343 g/mol. The second-order valence-electron chi connectivity index (χ2n) is 6.02. The zero-order chi connectivity index (χ0) is 17.3. The third-order valence-corrected chi connectivity index (χ3v) is 4.62. The number of pyridine rings is 1. The Hall–Kier alpha value is -1.83. The molecule has 0 saturated carbocycles. The molecule has 1 saturated heterocycles. The normalized spacial score (nSPS) is 16.6. The highest BCUT2D eigenvalue weighted by atomic mass is 35.5. The van der Waals surface area contributed by atoms with Crippen LogP contribution in [0.1, 0.15) is 24.2 Å². The fourth-order valence-electron chi connectivity index (χ4n) is 2.92. The first-order valence-electron chi connectivity index (χ1n) is 7.65. The van der Waals surface area contributed by atoms with Crippen LogP contribution in [0.4, 0.5) is 19.0 Å². The average molecular weight is 360 g/mol. The lowest BCUT2D eigenvalue weighted by molar-refractivity contribution is -0.137. The smallest absolute Gasteiger partial charge is 0.355 e. The first-order chi connectivity index (χ1) is 11.3. The molecule has 3 heterocycles. The fraction of sp³-hybridized carbons (Fsp3) is 0.533. The van der Waals surface area contributed by atoms with Gasteiger partial charge in [0.05, 0.1) is 10.6 Å². The molecule has 0 spiro atoms. The van der Waals surface area contributed by atoms with E-state index < -0.39 is 11.7 Å². The van der Waals surface area contributed by atoms with Gasteiger partial charge in [0.15, 0.2) is 0 Å². The molecule has 130 valence electrons. The summed E-state index contributed by atoms with van der Waals surface area (Å²) in [7, 11) is 1.91. The van der Waals surface area contributed by atoms with Crippen LogP contribution < -0.4 is 4.90 Å². The van der Waals surface area contributed by atoms with Gasteiger partial charge in [0.25, 0.3) is 0 Å². The van der Waals surface area contributed by atoms with Crippen LogP contribution in [0.15, 0.2) is 18.6 Å². The largest absolute Gasteiger partial charge is 0.417 e. The maximum Gasteiger partial charge on any atom is 0.417 e. The maximum absolute atomic E-state index is 12.7. The number of nitrogens with zero attached hydrogens (tertiary/aromatic N) is 5. The Morgan fingerprint density at radius 3 is 2.54 bits per heavy atom. The number of anilines is 1. The summed E-state index contributed by atoms with van der Waals surface area (Å²) in [6.45, 7) is 1.42. The SMILES string of the molecule is Cn1cnnc1CC1CCN(c2ncc(C(F)(F)F)cc2Cl)CC1. The number of alkyl halides is 3. The molecule has 0 bridgehead atoms. The summed E-state index contributed by atoms with van der Waals surface area (Å²) in [6.07, 6.45) is 0.748. The van der Waals surface area contributed by atoms with E-state index >= 15 is 0 Å². The van der Waals surface area contributed by atoms with Crippen molar-refractivity contribution in [2.45, 2.75) is 25.4 Å². The van der Waals surface area contributed by atoms with Gasteiger partial charge in [0.1, 0.15) is 18.0 Å². The molecule has 0 aromatic carbocycles. The van der Waals surface area contributed by atoms with E-state index in [-0.39, 0.29) is 5.02 Å². The number of hydrogen-bond acceptors (Lipinski definition) is 4. The Morgan fingerprint density at radius 1 is 1.29 bits per heavy atom. The van der Waals surface area contributed by atoms with Gasteiger partial charge in [-0.25, -0.2) is 4.98 Å². The summed E-state index contributed by atoms with van der Waals surface area (Å²) in [5, 5.41) is 8.00. The Kier molecular flexibility index (Phi) is 4.67. The van der Waals surface area contributed by atoms with Crippen LogP contribution in [-0.4, -0.2) is 32.8 Å². The zero-order valence-corrected chi connectivity index (χ0v) is 13.8. The van der Waals surface area contributed by atoms with Gasteiger partial charge in [-0.15, -0.1) is 10.2 Å². The summed E-state index contributed by atoms with van der Waals surface area (Å²) in [5.41, 5.74) is -0.826. The molecule has 0 N–H and O–H groups in total. The van der Waals surface area contributed by atoms with Crippen LogP contribution in [0.2, 0.25) is 5.02 Å². The summed E-state index contributed by atoms with van der Waals surface area (Å²) >= 11 is 6.02. The molecule has 3 rings (SSSR count). The van der Waals surface area contributed by atoms with Crippen LogP contribution in [0, 0.1) is 5.92 Å². The predicted octanol–water partition coefficient (Wildman–Crippen LogP) is 3.34. The van der Waals surface area contributed by atoms with Crippen molar-refractivity contribution in [1.29, 1.82) is 0 Å². The molecule has 9 heteroatoms. The molecule has 0 amide bonds. The van der Waals surface area contributed by atoms with E-state index in [0.29, 0.717) is 24.8 Å². The molecule has 1 fully saturated rings. The van der Waals surface area contributed by atoms with Crippen LogP contribution in [0.25, 0.3) is 0 Å². The van der Waals surface area contributed by atoms with Crippen molar-refractivity contribution in [2.75, 3.05) is 18.0 Å². The number of halogens is 4. The van der Waals surface area contributed by atoms with E-state index in [2.05, 4.69) is 15.2 Å². The number of rotatable bonds is 3. The summed E-state index contributed by atoms with van der Waals surface area (Å²) in [5.74, 6) is 1.83. The number of hydrogen-bond donors (Lipinski definition) is 0. The summed E-state index contributed by atoms with van der Waals surface area (Å²) < 4.78 is 39.9. The molecular formula is C15H17ClF3N5. The van der Waals surface area contributed by atoms with Crippen molar-refractivity contribution in [2.24, 2.45) is 13.0 Å². The molecule has 0 radical (unpaired) electrons. The van der Waals surface area contributed by atoms with Crippen LogP contribution in [0.3, 0.4) is 0 Å². The van der Waals surface area contributed by atoms with Crippen LogP contribution >= 0.6 is 11.6 Å². The minimum atomic E-state index is -4.43. The van der Waals surface area contributed by atoms with Crippen molar-refractivity contribution in [3.8, 4) is 0 Å². The summed E-state index contributed by atoms with van der Waals surface area (Å²) in [6, 6.07) is 0.940. The number of aromatic nitrogens is 4. The van der Waals surface area contributed by atoms with Crippen molar-refractivity contribution in [1.82, 2.24) is 19.7 Å². The van der Waals surface area contributed by atoms with Gasteiger partial charge in [-0.3, -0.25) is 0 Å². The predicted molar refractivity (Wildman–Crippen MR) is 83.9 cm³/mol. The van der Waals surface area contributed by atoms with Crippen molar-refractivity contribution in [3.63, 3.8) is 0 Å². The molecule has 1 aliphatic rings. The van der Waals surface area contributed by atoms with E-state index in [1.165, 1.54) is 0 Å². The molecule has 1 aliphatic heterocycles. The lowest BCUT2D eigenvalue weighted by atomic mass is 9.93. The number of piperidine rings is 1. The second-order valence-corrected chi connectivity index (χ2v) is 6.43. The average Bonchev–Trinajstić information content (AvgIpc) is 2.92. The van der Waals surface area contributed by atoms with E-state index in [9.17, 15) is 13.2 Å². The maximum atomic E-state index is 12.7. The van der Waals surface area contributed by atoms with E-state index in [1.807, 2.05) is 16.5 Å². The molecule has 5 nitrogen and oxygen atoms in total. The molecule has 0 atom stereocenters. The Labute approximate surface area is 142 Å². The standard InChI is InChI=1S/C15H17ClF3N5/c1-23-9-21-22-13(23)6-10-2-4-24(5-3-10)14-12(16)7-11(8-20-14)15(17,18)19/h7-10H,2-6H2,1H3. The minimum Gasteiger partial charge on any atom is -0.355 e. The van der Waals surface area contributed by atoms with Crippen LogP contribution in [-0.2, 0) is 19.6 Å². The van der Waals surface area contributed by atoms with Gasteiger partial charge in [-0.05, 0) is 24.8 Å². The molecule has 0 aliphatic carbocycles. The lowest BCUT2D eigenvalue weighted by Crippen LogP contribution is -2.35. The topological polar surface area (TPSA) is 46.8 Å². The van der Waals surface area contributed by atoms with Gasteiger partial charge in [0.2, 0.25) is 0 Å². The lowest BCUT2D eigenvalue weighted by Gasteiger charge is -2.33. The Bertz CT molecular complexity index is 707. The summed E-state index contributed by atoms with van der Waals surface area (Å²) in [4.78, 5) is 5.87. The number of aryl methyl sites for hydroxylation is 1. The third-order valence-electron chi connectivity index (χ3n) is 4.34. The van der Waals surface area contributed by atoms with E-state index in [0.717, 1.165) is 37.4 Å². The zero-order valence-electron chi connectivity index (χ0n) is 13.1. The first-order valence-corrected chi connectivity index (χ1v) is 8.03. The molecule has 24 heavy (non-hydrogen) atoms. The molecule has 2 aromatic rings. The molecule has 0 unspecified atom stereocenters. The van der Waals surface area contributed by atoms with Gasteiger partial charge in [-0.2, -0.15) is 13.2 Å². The monoisotopic (exact) mass is 359 g/mol. The van der Waals surface area contributed by atoms with Crippen molar-refractivity contribution in [3.05, 3.63) is 35.0 Å². The highest BCUT2D eigenvalue weighted by Gasteiger charge is 2.32. The van der Waals surface area contributed by atoms with Crippen molar-refractivity contribution >= 4 is 17.4 Å². The Morgan fingerprint density at radius 2 is 2.00 bits per heavy atom. The van der Waals surface area contributed by atoms with Gasteiger partial charge in [0, 0.05) is 32.8 Å². The minimum absolute atomic E-state index is 0.0385. The third kappa shape index (κ3) is 3.63. The van der Waals surface area contributed by atoms with Gasteiger partial charge >= 0.3 is 6.18 Å². The fourth-order valence-corrected chi connectivity index (χ4v) is 3.20. The van der Waals surface area contributed by atoms with E-state index in [4.69, 9.17) is 11.6 Å². The highest BCUT2D eigenvalue weighted by Crippen LogP contribution is 2.34. The first kappa shape index (κ1) is 17.0. The van der Waals surface area contributed by atoms with E-state index in [1.54, 1.807) is 6.33 Å². The Balaban J connectivity index is 1.63. The quantitative estimate of drug-likeness (QED) is 0.843. The second kappa shape index (κ2) is 6.58. The van der Waals surface area contributed by atoms with Crippen molar-refractivity contribution < 1.29 is 13.2 Å². The molecule has 2 aromatic heterocycles. The highest BCUT2D eigenvalue weighted by molar-refractivity contribution is 6.33. The van der Waals surface area contributed by atoms with Gasteiger partial charge in [-0.1, -0.05) is 11.6 Å². The van der Waals surface area contributed by atoms with Crippen LogP contribution in [0.5, 0.6) is 0 Å². The van der Waals surface area contributed by atoms with Gasteiger partial charge < -0.3 is 9.47 Å².